The lowest BCUT2D eigenvalue weighted by atomic mass is 9.95. The van der Waals surface area contributed by atoms with E-state index >= 15 is 0 Å². The number of aliphatic hydroxyl groups is 1. The number of nitro groups is 1. The van der Waals surface area contributed by atoms with Crippen LogP contribution in [0.3, 0.4) is 0 Å². The van der Waals surface area contributed by atoms with Crippen LogP contribution in [0.4, 0.5) is 5.69 Å². The maximum Gasteiger partial charge on any atom is 0.331 e. The standard InChI is InChI=1S/C20H15ClN2O5/c21-13-5-3-12(4-6-13)19-11-17(24)15-10-14(7-8-18(15)28-19)27-20-16(23(25)26)2-1-9-22-20/h1-10,17,19,24H,11H2/t17?,19-/m0/s1. The van der Waals surface area contributed by atoms with E-state index in [-0.39, 0.29) is 17.7 Å². The van der Waals surface area contributed by atoms with Crippen LogP contribution in [0, 0.1) is 10.1 Å². The topological polar surface area (TPSA) is 94.7 Å². The van der Waals surface area contributed by atoms with E-state index in [0.717, 1.165) is 5.56 Å². The minimum atomic E-state index is -0.772. The monoisotopic (exact) mass is 398 g/mol. The number of nitrogens with zero attached hydrogens (tertiary/aromatic N) is 2. The van der Waals surface area contributed by atoms with Gasteiger partial charge in [-0.05, 0) is 42.0 Å². The zero-order valence-electron chi connectivity index (χ0n) is 14.5. The number of halogens is 1. The van der Waals surface area contributed by atoms with Crippen molar-refractivity contribution in [2.75, 3.05) is 0 Å². The van der Waals surface area contributed by atoms with Crippen LogP contribution in [0.2, 0.25) is 5.02 Å². The average Bonchev–Trinajstić information content (AvgIpc) is 2.69. The normalized spacial score (nSPS) is 18.1. The minimum Gasteiger partial charge on any atom is -0.485 e. The smallest absolute Gasteiger partial charge is 0.331 e. The fraction of sp³-hybridized carbons (Fsp3) is 0.150. The van der Waals surface area contributed by atoms with Crippen LogP contribution in [0.15, 0.2) is 60.8 Å². The summed E-state index contributed by atoms with van der Waals surface area (Å²) >= 11 is 5.92. The van der Waals surface area contributed by atoms with Gasteiger partial charge in [-0.2, -0.15) is 0 Å². The molecule has 142 valence electrons. The Labute approximate surface area is 165 Å². The summed E-state index contributed by atoms with van der Waals surface area (Å²) in [5.41, 5.74) is 1.24. The molecular formula is C20H15ClN2O5. The second-order valence-electron chi connectivity index (χ2n) is 6.30. The van der Waals surface area contributed by atoms with E-state index in [9.17, 15) is 15.2 Å². The number of ether oxygens (including phenoxy) is 2. The van der Waals surface area contributed by atoms with Gasteiger partial charge in [-0.25, -0.2) is 4.98 Å². The third-order valence-corrected chi connectivity index (χ3v) is 4.70. The molecule has 2 atom stereocenters. The minimum absolute atomic E-state index is 0.113. The molecular weight excluding hydrogens is 384 g/mol. The number of hydrogen-bond donors (Lipinski definition) is 1. The summed E-state index contributed by atoms with van der Waals surface area (Å²) in [5.74, 6) is 0.743. The average molecular weight is 399 g/mol. The highest BCUT2D eigenvalue weighted by atomic mass is 35.5. The van der Waals surface area contributed by atoms with Gasteiger partial charge in [0.05, 0.1) is 11.0 Å². The number of pyridine rings is 1. The number of rotatable bonds is 4. The van der Waals surface area contributed by atoms with E-state index in [1.807, 2.05) is 12.1 Å². The van der Waals surface area contributed by atoms with E-state index < -0.39 is 11.0 Å². The molecule has 0 saturated carbocycles. The number of hydrogen-bond acceptors (Lipinski definition) is 6. The molecule has 0 bridgehead atoms. The number of fused-ring (bicyclic) bond motifs is 1. The molecule has 1 aliphatic heterocycles. The van der Waals surface area contributed by atoms with Crippen LogP contribution >= 0.6 is 11.6 Å². The van der Waals surface area contributed by atoms with Gasteiger partial charge in [-0.15, -0.1) is 0 Å². The molecule has 1 aromatic heterocycles. The van der Waals surface area contributed by atoms with E-state index in [0.29, 0.717) is 28.5 Å². The second-order valence-corrected chi connectivity index (χ2v) is 6.73. The second kappa shape index (κ2) is 7.46. The summed E-state index contributed by atoms with van der Waals surface area (Å²) in [4.78, 5) is 14.5. The van der Waals surface area contributed by atoms with E-state index in [4.69, 9.17) is 21.1 Å². The summed E-state index contributed by atoms with van der Waals surface area (Å²) in [6, 6.07) is 15.0. The third kappa shape index (κ3) is 3.62. The first-order valence-electron chi connectivity index (χ1n) is 8.52. The Morgan fingerprint density at radius 2 is 2.00 bits per heavy atom. The maximum atomic E-state index is 11.1. The number of aromatic nitrogens is 1. The van der Waals surface area contributed by atoms with Crippen molar-refractivity contribution in [3.8, 4) is 17.4 Å². The highest BCUT2D eigenvalue weighted by Crippen LogP contribution is 2.43. The lowest BCUT2D eigenvalue weighted by Crippen LogP contribution is -2.19. The first kappa shape index (κ1) is 18.2. The van der Waals surface area contributed by atoms with Crippen LogP contribution in [0.25, 0.3) is 0 Å². The molecule has 2 heterocycles. The van der Waals surface area contributed by atoms with Crippen molar-refractivity contribution in [1.82, 2.24) is 4.98 Å². The summed E-state index contributed by atoms with van der Waals surface area (Å²) in [5, 5.41) is 22.3. The van der Waals surface area contributed by atoms with Gasteiger partial charge in [0.2, 0.25) is 0 Å². The van der Waals surface area contributed by atoms with Crippen LogP contribution < -0.4 is 9.47 Å². The van der Waals surface area contributed by atoms with Crippen molar-refractivity contribution in [2.45, 2.75) is 18.6 Å². The van der Waals surface area contributed by atoms with Crippen LogP contribution in [-0.4, -0.2) is 15.0 Å². The lowest BCUT2D eigenvalue weighted by molar-refractivity contribution is -0.386. The Morgan fingerprint density at radius 3 is 2.75 bits per heavy atom. The summed E-state index contributed by atoms with van der Waals surface area (Å²) < 4.78 is 11.6. The molecule has 0 saturated heterocycles. The molecule has 7 nitrogen and oxygen atoms in total. The predicted octanol–water partition coefficient (Wildman–Crippen LogP) is 4.99. The molecule has 4 rings (SSSR count). The molecule has 28 heavy (non-hydrogen) atoms. The number of aliphatic hydroxyl groups excluding tert-OH is 1. The van der Waals surface area contributed by atoms with Gasteiger partial charge in [0.1, 0.15) is 17.6 Å². The first-order valence-corrected chi connectivity index (χ1v) is 8.90. The van der Waals surface area contributed by atoms with E-state index in [2.05, 4.69) is 4.98 Å². The van der Waals surface area contributed by atoms with Gasteiger partial charge in [0.15, 0.2) is 0 Å². The molecule has 1 unspecified atom stereocenters. The number of benzene rings is 2. The maximum absolute atomic E-state index is 11.1. The van der Waals surface area contributed by atoms with Crippen LogP contribution in [0.5, 0.6) is 17.4 Å². The predicted molar refractivity (Wildman–Crippen MR) is 102 cm³/mol. The van der Waals surface area contributed by atoms with Gasteiger partial charge >= 0.3 is 5.69 Å². The zero-order valence-corrected chi connectivity index (χ0v) is 15.2. The fourth-order valence-electron chi connectivity index (χ4n) is 3.08. The van der Waals surface area contributed by atoms with Gasteiger partial charge in [-0.3, -0.25) is 10.1 Å². The molecule has 0 radical (unpaired) electrons. The van der Waals surface area contributed by atoms with Gasteiger partial charge in [0.25, 0.3) is 5.88 Å². The van der Waals surface area contributed by atoms with Crippen molar-refractivity contribution in [3.05, 3.63) is 87.1 Å². The molecule has 0 aliphatic carbocycles. The Bertz CT molecular complexity index is 1030. The first-order chi connectivity index (χ1) is 13.5. The van der Waals surface area contributed by atoms with Gasteiger partial charge in [0, 0.05) is 29.3 Å². The Hall–Kier alpha value is -3.16. The fourth-order valence-corrected chi connectivity index (χ4v) is 3.21. The Balaban J connectivity index is 1.59. The Morgan fingerprint density at radius 1 is 1.21 bits per heavy atom. The van der Waals surface area contributed by atoms with Crippen molar-refractivity contribution < 1.29 is 19.5 Å². The van der Waals surface area contributed by atoms with E-state index in [1.165, 1.54) is 18.3 Å². The SMILES string of the molecule is O=[N+]([O-])c1cccnc1Oc1ccc2c(c1)C(O)C[C@@H](c1ccc(Cl)cc1)O2. The van der Waals surface area contributed by atoms with Gasteiger partial charge < -0.3 is 14.6 Å². The van der Waals surface area contributed by atoms with Crippen molar-refractivity contribution in [1.29, 1.82) is 0 Å². The van der Waals surface area contributed by atoms with Crippen molar-refractivity contribution >= 4 is 17.3 Å². The molecule has 0 fully saturated rings. The molecule has 1 aliphatic rings. The van der Waals surface area contributed by atoms with Gasteiger partial charge in [-0.1, -0.05) is 23.7 Å². The molecule has 8 heteroatoms. The highest BCUT2D eigenvalue weighted by molar-refractivity contribution is 6.30. The summed E-state index contributed by atoms with van der Waals surface area (Å²) in [6.07, 6.45) is 0.701. The molecule has 0 spiro atoms. The highest BCUT2D eigenvalue weighted by Gasteiger charge is 2.29. The van der Waals surface area contributed by atoms with Crippen LogP contribution in [-0.2, 0) is 0 Å². The molecule has 2 aromatic carbocycles. The van der Waals surface area contributed by atoms with Crippen molar-refractivity contribution in [2.24, 2.45) is 0 Å². The molecule has 0 amide bonds. The largest absolute Gasteiger partial charge is 0.485 e. The van der Waals surface area contributed by atoms with Crippen molar-refractivity contribution in [3.63, 3.8) is 0 Å². The summed E-state index contributed by atoms with van der Waals surface area (Å²) in [7, 11) is 0. The Kier molecular flexibility index (Phi) is 4.85. The quantitative estimate of drug-likeness (QED) is 0.491. The zero-order chi connectivity index (χ0) is 19.7. The third-order valence-electron chi connectivity index (χ3n) is 4.45. The molecule has 3 aromatic rings. The summed E-state index contributed by atoms with van der Waals surface area (Å²) in [6.45, 7) is 0. The van der Waals surface area contributed by atoms with E-state index in [1.54, 1.807) is 30.3 Å². The lowest BCUT2D eigenvalue weighted by Gasteiger charge is -2.30. The van der Waals surface area contributed by atoms with Crippen LogP contribution in [0.1, 0.15) is 29.8 Å². The molecule has 1 N–H and O–H groups in total.